The third kappa shape index (κ3) is 4.32. The van der Waals surface area contributed by atoms with Gasteiger partial charge in [0.1, 0.15) is 0 Å². The molecule has 0 unspecified atom stereocenters. The summed E-state index contributed by atoms with van der Waals surface area (Å²) >= 11 is 0. The van der Waals surface area contributed by atoms with Gasteiger partial charge in [-0.2, -0.15) is 0 Å². The van der Waals surface area contributed by atoms with E-state index in [-0.39, 0.29) is 0 Å². The molecule has 0 aromatic rings. The molecule has 5 heteroatoms. The Bertz CT molecular complexity index is 27.0. The van der Waals surface area contributed by atoms with Crippen LogP contribution in [0.2, 0.25) is 0 Å². The van der Waals surface area contributed by atoms with Gasteiger partial charge in [0.15, 0.2) is 0 Å². The molecule has 0 atom stereocenters. The van der Waals surface area contributed by atoms with Gasteiger partial charge >= 0.3 is 35.9 Å². The van der Waals surface area contributed by atoms with Gasteiger partial charge in [0, 0.05) is 0 Å². The van der Waals surface area contributed by atoms with E-state index in [9.17, 15) is 0 Å². The summed E-state index contributed by atoms with van der Waals surface area (Å²) in [7, 11) is 5.32. The van der Waals surface area contributed by atoms with Gasteiger partial charge in [-0.3, -0.25) is 0 Å². The average molecular weight is 59.1 g/mol. The molecule has 0 amide bonds. The minimum absolute atomic E-state index is 1.16. The summed E-state index contributed by atoms with van der Waals surface area (Å²) in [6.45, 7) is 4.18. The van der Waals surface area contributed by atoms with Crippen molar-refractivity contribution >= 4 is 35.9 Å². The van der Waals surface area contributed by atoms with Crippen molar-refractivity contribution in [2.45, 2.75) is 0 Å². The number of rotatable bonds is 1. The van der Waals surface area contributed by atoms with Crippen LogP contribution in [-0.2, 0) is 0 Å². The van der Waals surface area contributed by atoms with Gasteiger partial charge in [0.05, 0.1) is 0 Å². The first-order chi connectivity index (χ1) is 2.41. The summed E-state index contributed by atoms with van der Waals surface area (Å²) in [4.78, 5) is 0. The van der Waals surface area contributed by atoms with Crippen molar-refractivity contribution in [3.8, 4) is 0 Å². The summed E-state index contributed by atoms with van der Waals surface area (Å²) in [5.74, 6) is 0. The van der Waals surface area contributed by atoms with Crippen LogP contribution < -0.4 is 0 Å². The molecule has 0 heterocycles. The Hall–Kier alpha value is 0.325. The Kier molecular flexibility index (Phi) is 4.61. The molecule has 0 nitrogen and oxygen atoms in total. The van der Waals surface area contributed by atoms with Crippen LogP contribution in [0, 0.1) is 0 Å². The molecule has 0 aliphatic rings. The van der Waals surface area contributed by atoms with Crippen molar-refractivity contribution in [1.29, 1.82) is 0 Å². The quantitative estimate of drug-likeness (QED) is 0.278. The second kappa shape index (κ2) is 4.32. The molecule has 0 N–H and O–H groups in total. The monoisotopic (exact) mass is 60.1 g/mol. The molecule has 0 fully saturated rings. The van der Waals surface area contributed by atoms with Gasteiger partial charge in [-0.25, -0.2) is 0 Å². The normalized spacial score (nSPS) is 5.60. The van der Waals surface area contributed by atoms with Crippen LogP contribution >= 0.6 is 0 Å². The predicted molar refractivity (Wildman–Crippen MR) is 35.7 cm³/mol. The Morgan fingerprint density at radius 3 is 2.20 bits per heavy atom. The fourth-order valence-electron chi connectivity index (χ4n) is 0.236. The van der Waals surface area contributed by atoms with Crippen LogP contribution in [0.5, 0.6) is 0 Å². The van der Waals surface area contributed by atoms with Crippen molar-refractivity contribution in [3.63, 3.8) is 0 Å². The summed E-state index contributed by atoms with van der Waals surface area (Å²) in [6, 6.07) is 0. The molecule has 5 heavy (non-hydrogen) atoms. The third-order valence-corrected chi connectivity index (χ3v) is 0.471. The standard InChI is InChI=1S/B5H5/c1-3-5-4-2/h3H,1-2H2. The fraction of sp³-hybridized carbons (Fsp3) is 0. The average Bonchev–Trinajstić information content (AvgIpc) is 1.41. The van der Waals surface area contributed by atoms with Crippen molar-refractivity contribution in [3.05, 3.63) is 0 Å². The van der Waals surface area contributed by atoms with Crippen LogP contribution in [0.3, 0.4) is 0 Å². The first-order valence-corrected chi connectivity index (χ1v) is 2.03. The molecule has 0 aromatic carbocycles. The Labute approximate surface area is 36.8 Å². The van der Waals surface area contributed by atoms with Crippen LogP contribution in [0.25, 0.3) is 0 Å². The maximum absolute atomic E-state index is 2.12. The Balaban J connectivity index is 2.62. The Morgan fingerprint density at radius 1 is 1.60 bits per heavy atom. The molecule has 0 rings (SSSR count). The van der Waals surface area contributed by atoms with Crippen molar-refractivity contribution in [2.24, 2.45) is 0 Å². The minimum atomic E-state index is 1.16. The van der Waals surface area contributed by atoms with E-state index in [1.54, 1.807) is 0 Å². The first kappa shape index (κ1) is 5.32. The fourth-order valence-corrected chi connectivity index (χ4v) is 0.236. The van der Waals surface area contributed by atoms with E-state index in [1.807, 2.05) is 7.74 Å². The van der Waals surface area contributed by atoms with E-state index < -0.39 is 0 Å². The third-order valence-electron chi connectivity index (χ3n) is 0.471. The summed E-state index contributed by atoms with van der Waals surface area (Å²) in [5.41, 5.74) is 0. The topological polar surface area (TPSA) is 0 Å². The SMILES string of the molecule is BB=BBB. The molecule has 0 bridgehead atoms. The summed E-state index contributed by atoms with van der Waals surface area (Å²) < 4.78 is 0. The summed E-state index contributed by atoms with van der Waals surface area (Å²) in [5, 5.41) is 0. The van der Waals surface area contributed by atoms with Crippen molar-refractivity contribution in [1.82, 2.24) is 0 Å². The molecule has 0 radical (unpaired) electrons. The van der Waals surface area contributed by atoms with Gasteiger partial charge in [0.2, 0.25) is 0 Å². The first-order valence-electron chi connectivity index (χ1n) is 2.03. The summed E-state index contributed by atoms with van der Waals surface area (Å²) in [6.07, 6.45) is 0. The van der Waals surface area contributed by atoms with Crippen molar-refractivity contribution in [2.75, 3.05) is 0 Å². The van der Waals surface area contributed by atoms with E-state index in [1.165, 1.54) is 0 Å². The van der Waals surface area contributed by atoms with Crippen LogP contribution in [0.15, 0.2) is 0 Å². The zero-order valence-corrected chi connectivity index (χ0v) is 3.86. The van der Waals surface area contributed by atoms with E-state index in [4.69, 9.17) is 0 Å². The van der Waals surface area contributed by atoms with E-state index in [0.29, 0.717) is 0 Å². The van der Waals surface area contributed by atoms with Crippen LogP contribution in [0.1, 0.15) is 0 Å². The predicted octanol–water partition coefficient (Wildman–Crippen LogP) is -3.24. The Morgan fingerprint density at radius 2 is 2.20 bits per heavy atom. The molecule has 0 aliphatic heterocycles. The zero-order chi connectivity index (χ0) is 4.12. The molecule has 0 aliphatic carbocycles. The van der Waals surface area contributed by atoms with Gasteiger partial charge in [-0.15, -0.1) is 0 Å². The second-order valence-electron chi connectivity index (χ2n) is 0.977. The van der Waals surface area contributed by atoms with E-state index in [2.05, 4.69) is 21.1 Å². The van der Waals surface area contributed by atoms with Gasteiger partial charge in [-0.05, 0) is 0 Å². The van der Waals surface area contributed by atoms with Gasteiger partial charge < -0.3 is 0 Å². The molecular formula is H5B5. The van der Waals surface area contributed by atoms with E-state index >= 15 is 0 Å². The van der Waals surface area contributed by atoms with Gasteiger partial charge in [0.25, 0.3) is 0 Å². The van der Waals surface area contributed by atoms with Crippen molar-refractivity contribution < 1.29 is 0 Å². The molecule has 0 saturated heterocycles. The molecule has 0 saturated carbocycles. The van der Waals surface area contributed by atoms with E-state index in [0.717, 1.165) is 7.06 Å². The van der Waals surface area contributed by atoms with Crippen LogP contribution in [-0.4, -0.2) is 35.9 Å². The number of hydrogen-bond donors (Lipinski definition) is 0. The molecule has 0 spiro atoms. The number of hydrogen-bond acceptors (Lipinski definition) is 0. The van der Waals surface area contributed by atoms with Crippen LogP contribution in [0.4, 0.5) is 0 Å². The molecule has 20 valence electrons. The molecule has 0 aromatic heterocycles. The maximum atomic E-state index is 2.12. The molecular weight excluding hydrogens is 54.1 g/mol. The zero-order valence-electron chi connectivity index (χ0n) is 3.86. The second-order valence-corrected chi connectivity index (χ2v) is 0.977. The van der Waals surface area contributed by atoms with Gasteiger partial charge in [-0.1, -0.05) is 0 Å².